The second kappa shape index (κ2) is 8.11. The zero-order valence-electron chi connectivity index (χ0n) is 14.5. The van der Waals surface area contributed by atoms with Crippen LogP contribution in [0.15, 0.2) is 24.5 Å². The third-order valence-corrected chi connectivity index (χ3v) is 5.95. The number of carbonyl (C=O) groups is 1. The van der Waals surface area contributed by atoms with Crippen molar-refractivity contribution < 1.29 is 9.53 Å². The molecule has 0 aromatic carbocycles. The number of halogens is 1. The molecular weight excluding hydrogens is 392 g/mol. The maximum Gasteiger partial charge on any atom is 0.311 e. The summed E-state index contributed by atoms with van der Waals surface area (Å²) in [6, 6.07) is 3.77. The summed E-state index contributed by atoms with van der Waals surface area (Å²) in [5.41, 5.74) is 1.48. The number of aromatic nitrogens is 3. The number of nitrogens with zero attached hydrogens (tertiary/aromatic N) is 4. The molecule has 0 N–H and O–H groups in total. The minimum absolute atomic E-state index is 0.117. The van der Waals surface area contributed by atoms with Crippen LogP contribution in [0.1, 0.15) is 12.6 Å². The van der Waals surface area contributed by atoms with Crippen LogP contribution in [0.2, 0.25) is 4.34 Å². The van der Waals surface area contributed by atoms with E-state index in [1.54, 1.807) is 19.3 Å². The van der Waals surface area contributed by atoms with Gasteiger partial charge in [0.15, 0.2) is 0 Å². The van der Waals surface area contributed by atoms with E-state index in [-0.39, 0.29) is 12.4 Å². The minimum Gasteiger partial charge on any atom is -0.466 e. The fourth-order valence-electron chi connectivity index (χ4n) is 2.24. The van der Waals surface area contributed by atoms with Crippen molar-refractivity contribution in [3.05, 3.63) is 34.6 Å². The van der Waals surface area contributed by atoms with Crippen LogP contribution >= 0.6 is 34.3 Å². The molecule has 3 rings (SSSR count). The maximum atomic E-state index is 12.0. The number of thiophene rings is 1. The molecule has 0 amide bonds. The van der Waals surface area contributed by atoms with E-state index in [2.05, 4.69) is 15.0 Å². The molecule has 3 heterocycles. The number of rotatable bonds is 6. The van der Waals surface area contributed by atoms with Crippen molar-refractivity contribution in [2.75, 3.05) is 25.6 Å². The summed E-state index contributed by atoms with van der Waals surface area (Å²) < 4.78 is 5.76. The molecule has 26 heavy (non-hydrogen) atoms. The average Bonchev–Trinajstić information content (AvgIpc) is 3.21. The topological polar surface area (TPSA) is 68.2 Å². The monoisotopic (exact) mass is 408 g/mol. The largest absolute Gasteiger partial charge is 0.466 e. The lowest BCUT2D eigenvalue weighted by Gasteiger charge is -2.08. The van der Waals surface area contributed by atoms with Crippen molar-refractivity contribution in [1.29, 1.82) is 0 Å². The standard InChI is InChI=1S/C17H17ClN4O2S2/c1-4-24-14(23)7-11-15(12-5-6-13(18)25-12)26-16(21-11)10-8-19-17(20-9-10)22(2)3/h5-6,8-9H,4,7H2,1-3H3. The highest BCUT2D eigenvalue weighted by atomic mass is 35.5. The number of anilines is 1. The highest BCUT2D eigenvalue weighted by Gasteiger charge is 2.19. The molecule has 0 aliphatic carbocycles. The Morgan fingerprint density at radius 1 is 1.23 bits per heavy atom. The minimum atomic E-state index is -0.299. The van der Waals surface area contributed by atoms with Crippen molar-refractivity contribution in [2.45, 2.75) is 13.3 Å². The van der Waals surface area contributed by atoms with Crippen LogP contribution in [0.25, 0.3) is 20.3 Å². The molecule has 0 radical (unpaired) electrons. The van der Waals surface area contributed by atoms with E-state index in [4.69, 9.17) is 16.3 Å². The summed E-state index contributed by atoms with van der Waals surface area (Å²) >= 11 is 9.02. The fourth-order valence-corrected chi connectivity index (χ4v) is 4.47. The van der Waals surface area contributed by atoms with Gasteiger partial charge in [0, 0.05) is 36.9 Å². The Balaban J connectivity index is 1.98. The van der Waals surface area contributed by atoms with Gasteiger partial charge in [-0.05, 0) is 19.1 Å². The zero-order chi connectivity index (χ0) is 18.7. The predicted octanol–water partition coefficient (Wildman–Crippen LogP) is 4.15. The summed E-state index contributed by atoms with van der Waals surface area (Å²) in [5.74, 6) is 0.328. The smallest absolute Gasteiger partial charge is 0.311 e. The molecule has 136 valence electrons. The van der Waals surface area contributed by atoms with Crippen LogP contribution in [-0.4, -0.2) is 41.6 Å². The Morgan fingerprint density at radius 2 is 1.96 bits per heavy atom. The molecule has 9 heteroatoms. The van der Waals surface area contributed by atoms with Gasteiger partial charge in [0.1, 0.15) is 5.01 Å². The van der Waals surface area contributed by atoms with E-state index < -0.39 is 0 Å². The van der Waals surface area contributed by atoms with Crippen LogP contribution in [0.3, 0.4) is 0 Å². The van der Waals surface area contributed by atoms with Crippen molar-refractivity contribution in [3.8, 4) is 20.3 Å². The SMILES string of the molecule is CCOC(=O)Cc1nc(-c2cnc(N(C)C)nc2)sc1-c1ccc(Cl)s1. The molecule has 3 aromatic rings. The van der Waals surface area contributed by atoms with Crippen LogP contribution in [0.4, 0.5) is 5.95 Å². The maximum absolute atomic E-state index is 12.0. The first-order valence-electron chi connectivity index (χ1n) is 7.88. The molecule has 3 aromatic heterocycles. The van der Waals surface area contributed by atoms with Crippen molar-refractivity contribution in [2.24, 2.45) is 0 Å². The highest BCUT2D eigenvalue weighted by molar-refractivity contribution is 7.25. The number of ether oxygens (including phenoxy) is 1. The van der Waals surface area contributed by atoms with E-state index in [9.17, 15) is 4.79 Å². The lowest BCUT2D eigenvalue weighted by atomic mass is 10.2. The number of esters is 1. The molecule has 0 saturated carbocycles. The summed E-state index contributed by atoms with van der Waals surface area (Å²) in [6.07, 6.45) is 3.59. The molecule has 0 saturated heterocycles. The normalized spacial score (nSPS) is 10.8. The number of hydrogen-bond donors (Lipinski definition) is 0. The van der Waals surface area contributed by atoms with Crippen LogP contribution < -0.4 is 4.90 Å². The fraction of sp³-hybridized carbons (Fsp3) is 0.294. The van der Waals surface area contributed by atoms with Crippen molar-refractivity contribution in [1.82, 2.24) is 15.0 Å². The Labute approximate surface area is 164 Å². The van der Waals surface area contributed by atoms with E-state index in [0.717, 1.165) is 20.3 Å². The van der Waals surface area contributed by atoms with Gasteiger partial charge in [-0.15, -0.1) is 22.7 Å². The molecule has 6 nitrogen and oxygen atoms in total. The zero-order valence-corrected chi connectivity index (χ0v) is 16.9. The van der Waals surface area contributed by atoms with Crippen molar-refractivity contribution >= 4 is 46.2 Å². The number of thiazole rings is 1. The summed E-state index contributed by atoms with van der Waals surface area (Å²) in [4.78, 5) is 29.0. The van der Waals surface area contributed by atoms with Gasteiger partial charge in [0.25, 0.3) is 0 Å². The quantitative estimate of drug-likeness (QED) is 0.570. The third-order valence-electron chi connectivity index (χ3n) is 3.40. The lowest BCUT2D eigenvalue weighted by molar-refractivity contribution is -0.142. The summed E-state index contributed by atoms with van der Waals surface area (Å²) in [6.45, 7) is 2.13. The van der Waals surface area contributed by atoms with Crippen molar-refractivity contribution in [3.63, 3.8) is 0 Å². The molecule has 0 unspecified atom stereocenters. The van der Waals surface area contributed by atoms with E-state index in [0.29, 0.717) is 22.6 Å². The van der Waals surface area contributed by atoms with Gasteiger partial charge in [-0.3, -0.25) is 4.79 Å². The number of hydrogen-bond acceptors (Lipinski definition) is 8. The molecular formula is C17H17ClN4O2S2. The van der Waals surface area contributed by atoms with Crippen LogP contribution in [0, 0.1) is 0 Å². The van der Waals surface area contributed by atoms with Gasteiger partial charge in [-0.25, -0.2) is 15.0 Å². The van der Waals surface area contributed by atoms with Crippen LogP contribution in [-0.2, 0) is 16.0 Å². The number of carbonyl (C=O) groups excluding carboxylic acids is 1. The first-order valence-corrected chi connectivity index (χ1v) is 9.89. The highest BCUT2D eigenvalue weighted by Crippen LogP contribution is 2.40. The van der Waals surface area contributed by atoms with Gasteiger partial charge in [-0.2, -0.15) is 0 Å². The van der Waals surface area contributed by atoms with E-state index in [1.165, 1.54) is 22.7 Å². The average molecular weight is 409 g/mol. The second-order valence-electron chi connectivity index (χ2n) is 5.55. The molecule has 0 atom stereocenters. The van der Waals surface area contributed by atoms with Gasteiger partial charge in [0.2, 0.25) is 5.95 Å². The Kier molecular flexibility index (Phi) is 5.85. The molecule has 0 bridgehead atoms. The van der Waals surface area contributed by atoms with Gasteiger partial charge < -0.3 is 9.64 Å². The predicted molar refractivity (Wildman–Crippen MR) is 106 cm³/mol. The second-order valence-corrected chi connectivity index (χ2v) is 8.26. The molecule has 0 spiro atoms. The van der Waals surface area contributed by atoms with Crippen LogP contribution in [0.5, 0.6) is 0 Å². The summed E-state index contributed by atoms with van der Waals surface area (Å²) in [7, 11) is 3.77. The lowest BCUT2D eigenvalue weighted by Crippen LogP contribution is -2.12. The molecule has 0 fully saturated rings. The molecule has 0 aliphatic rings. The van der Waals surface area contributed by atoms with Gasteiger partial charge in [0.05, 0.1) is 27.9 Å². The first kappa shape index (κ1) is 18.8. The van der Waals surface area contributed by atoms with E-state index in [1.807, 2.05) is 31.1 Å². The third kappa shape index (κ3) is 4.20. The van der Waals surface area contributed by atoms with E-state index >= 15 is 0 Å². The first-order chi connectivity index (χ1) is 12.5. The Morgan fingerprint density at radius 3 is 2.54 bits per heavy atom. The Bertz CT molecular complexity index is 906. The van der Waals surface area contributed by atoms with Gasteiger partial charge in [-0.1, -0.05) is 11.6 Å². The van der Waals surface area contributed by atoms with Gasteiger partial charge >= 0.3 is 5.97 Å². The molecule has 0 aliphatic heterocycles. The summed E-state index contributed by atoms with van der Waals surface area (Å²) in [5, 5.41) is 0.758. The Hall–Kier alpha value is -2.03.